The molecule has 0 amide bonds. The van der Waals surface area contributed by atoms with Gasteiger partial charge in [0.25, 0.3) is 0 Å². The third-order valence-electron chi connectivity index (χ3n) is 3.85. The highest BCUT2D eigenvalue weighted by atomic mass is 16.4. The molecule has 0 atom stereocenters. The molecule has 3 rings (SSSR count). The van der Waals surface area contributed by atoms with E-state index in [1.54, 1.807) is 0 Å². The van der Waals surface area contributed by atoms with Gasteiger partial charge in [-0.05, 0) is 17.0 Å². The first-order chi connectivity index (χ1) is 9.79. The molecule has 0 aliphatic heterocycles. The molecule has 0 radical (unpaired) electrons. The Morgan fingerprint density at radius 1 is 1.33 bits per heavy atom. The van der Waals surface area contributed by atoms with E-state index >= 15 is 0 Å². The number of aromatic nitrogens is 3. The molecule has 2 aromatic heterocycles. The molecule has 0 saturated carbocycles. The van der Waals surface area contributed by atoms with Crippen molar-refractivity contribution in [1.29, 1.82) is 0 Å². The van der Waals surface area contributed by atoms with Gasteiger partial charge >= 0.3 is 5.97 Å². The van der Waals surface area contributed by atoms with Gasteiger partial charge in [-0.1, -0.05) is 32.9 Å². The predicted octanol–water partition coefficient (Wildman–Crippen LogP) is 2.75. The lowest BCUT2D eigenvalue weighted by Gasteiger charge is -2.19. The van der Waals surface area contributed by atoms with E-state index in [2.05, 4.69) is 26.8 Å². The fourth-order valence-corrected chi connectivity index (χ4v) is 2.76. The second-order valence-electron chi connectivity index (χ2n) is 6.46. The maximum Gasteiger partial charge on any atom is 0.309 e. The van der Waals surface area contributed by atoms with Crippen LogP contribution in [0, 0.1) is 0 Å². The summed E-state index contributed by atoms with van der Waals surface area (Å²) in [6, 6.07) is 6.16. The van der Waals surface area contributed by atoms with E-state index in [1.165, 1.54) is 5.56 Å². The van der Waals surface area contributed by atoms with Gasteiger partial charge < -0.3 is 9.67 Å². The summed E-state index contributed by atoms with van der Waals surface area (Å²) in [4.78, 5) is 15.7. The minimum atomic E-state index is -0.835. The Morgan fingerprint density at radius 2 is 2.05 bits per heavy atom. The topological polar surface area (TPSA) is 59.5 Å². The smallest absolute Gasteiger partial charge is 0.309 e. The summed E-state index contributed by atoms with van der Waals surface area (Å²) in [6.45, 7) is 6.50. The molecule has 1 aromatic carbocycles. The zero-order valence-electron chi connectivity index (χ0n) is 12.7. The van der Waals surface area contributed by atoms with Crippen molar-refractivity contribution in [3.05, 3.63) is 35.7 Å². The normalized spacial score (nSPS) is 12.4. The van der Waals surface area contributed by atoms with Gasteiger partial charge in [-0.25, -0.2) is 4.98 Å². The Morgan fingerprint density at radius 3 is 2.67 bits per heavy atom. The van der Waals surface area contributed by atoms with Gasteiger partial charge in [-0.2, -0.15) is 0 Å². The molecule has 0 aliphatic rings. The van der Waals surface area contributed by atoms with Crippen molar-refractivity contribution in [3.63, 3.8) is 0 Å². The molecule has 0 aliphatic carbocycles. The minimum absolute atomic E-state index is 0.000312. The fraction of sp³-hybridized carbons (Fsp3) is 0.375. The van der Waals surface area contributed by atoms with Crippen molar-refractivity contribution in [2.75, 3.05) is 0 Å². The largest absolute Gasteiger partial charge is 0.481 e. The third-order valence-corrected chi connectivity index (χ3v) is 3.85. The zero-order valence-corrected chi connectivity index (χ0v) is 12.7. The van der Waals surface area contributed by atoms with Crippen molar-refractivity contribution < 1.29 is 9.90 Å². The second kappa shape index (κ2) is 4.35. The number of rotatable bonds is 2. The molecule has 0 bridgehead atoms. The van der Waals surface area contributed by atoms with Crippen LogP contribution >= 0.6 is 0 Å². The Labute approximate surface area is 122 Å². The first-order valence-electron chi connectivity index (χ1n) is 6.96. The quantitative estimate of drug-likeness (QED) is 0.787. The first kappa shape index (κ1) is 13.7. The average molecular weight is 285 g/mol. The van der Waals surface area contributed by atoms with Crippen LogP contribution in [0.2, 0.25) is 0 Å². The van der Waals surface area contributed by atoms with Gasteiger partial charge in [0.05, 0.1) is 17.5 Å². The first-order valence-corrected chi connectivity index (χ1v) is 6.96. The maximum absolute atomic E-state index is 10.9. The highest BCUT2D eigenvalue weighted by molar-refractivity contribution is 5.84. The number of para-hydroxylation sites is 1. The molecule has 0 spiro atoms. The maximum atomic E-state index is 10.9. The lowest BCUT2D eigenvalue weighted by atomic mass is 9.86. The molecular weight excluding hydrogens is 266 g/mol. The summed E-state index contributed by atoms with van der Waals surface area (Å²) in [6.07, 6.45) is 1.87. The van der Waals surface area contributed by atoms with Crippen LogP contribution in [-0.2, 0) is 23.7 Å². The Kier molecular flexibility index (Phi) is 2.83. The number of imidazole rings is 2. The number of nitrogens with zero attached hydrogens (tertiary/aromatic N) is 3. The number of hydrogen-bond donors (Lipinski definition) is 1. The van der Waals surface area contributed by atoms with Gasteiger partial charge in [0.2, 0.25) is 5.78 Å². The summed E-state index contributed by atoms with van der Waals surface area (Å²) in [7, 11) is 1.86. The molecule has 2 heterocycles. The Hall–Kier alpha value is -2.30. The van der Waals surface area contributed by atoms with Crippen molar-refractivity contribution in [1.82, 2.24) is 14.0 Å². The number of carbonyl (C=O) groups is 1. The average Bonchev–Trinajstić information content (AvgIpc) is 2.86. The second-order valence-corrected chi connectivity index (χ2v) is 6.46. The van der Waals surface area contributed by atoms with Gasteiger partial charge in [0, 0.05) is 18.9 Å². The van der Waals surface area contributed by atoms with Crippen LogP contribution in [0.5, 0.6) is 0 Å². The molecule has 0 fully saturated rings. The molecule has 0 unspecified atom stereocenters. The molecule has 0 saturated heterocycles. The Balaban J connectivity index is 2.31. The molecule has 21 heavy (non-hydrogen) atoms. The standard InChI is InChI=1S/C16H19N3O2/c1-16(2,3)11-6-5-7-12-14(11)17-15-18(4)10(8-13(20)21)9-19(12)15/h5-7,9H,8H2,1-4H3,(H,20,21). The third kappa shape index (κ3) is 2.09. The van der Waals surface area contributed by atoms with E-state index in [4.69, 9.17) is 10.1 Å². The molecular formula is C16H19N3O2. The monoisotopic (exact) mass is 285 g/mol. The fourth-order valence-electron chi connectivity index (χ4n) is 2.76. The van der Waals surface area contributed by atoms with E-state index in [0.717, 1.165) is 22.5 Å². The number of aliphatic carboxylic acids is 1. The van der Waals surface area contributed by atoms with Crippen LogP contribution in [0.3, 0.4) is 0 Å². The van der Waals surface area contributed by atoms with Gasteiger partial charge in [0.15, 0.2) is 0 Å². The summed E-state index contributed by atoms with van der Waals surface area (Å²) in [5.41, 5.74) is 3.96. The van der Waals surface area contributed by atoms with E-state index in [1.807, 2.05) is 34.3 Å². The van der Waals surface area contributed by atoms with E-state index in [0.29, 0.717) is 0 Å². The van der Waals surface area contributed by atoms with Crippen LogP contribution in [0.4, 0.5) is 0 Å². The molecule has 3 aromatic rings. The van der Waals surface area contributed by atoms with Gasteiger partial charge in [-0.3, -0.25) is 9.20 Å². The van der Waals surface area contributed by atoms with Crippen LogP contribution in [0.1, 0.15) is 32.0 Å². The minimum Gasteiger partial charge on any atom is -0.481 e. The predicted molar refractivity (Wildman–Crippen MR) is 81.7 cm³/mol. The van der Waals surface area contributed by atoms with Crippen LogP contribution < -0.4 is 0 Å². The summed E-state index contributed by atoms with van der Waals surface area (Å²) >= 11 is 0. The summed E-state index contributed by atoms with van der Waals surface area (Å²) in [5, 5.41) is 8.98. The molecule has 110 valence electrons. The number of hydrogen-bond acceptors (Lipinski definition) is 2. The van der Waals surface area contributed by atoms with Crippen molar-refractivity contribution in [2.24, 2.45) is 7.05 Å². The highest BCUT2D eigenvalue weighted by Crippen LogP contribution is 2.30. The van der Waals surface area contributed by atoms with E-state index in [9.17, 15) is 4.79 Å². The SMILES string of the molecule is Cn1c(CC(=O)O)cn2c3cccc(C(C)(C)C)c3nc12. The van der Waals surface area contributed by atoms with Gasteiger partial charge in [-0.15, -0.1) is 0 Å². The molecule has 1 N–H and O–H groups in total. The van der Waals surface area contributed by atoms with Gasteiger partial charge in [0.1, 0.15) is 0 Å². The summed E-state index contributed by atoms with van der Waals surface area (Å²) < 4.78 is 3.82. The van der Waals surface area contributed by atoms with Crippen LogP contribution in [-0.4, -0.2) is 25.0 Å². The highest BCUT2D eigenvalue weighted by Gasteiger charge is 2.21. The number of benzene rings is 1. The number of fused-ring (bicyclic) bond motifs is 3. The van der Waals surface area contributed by atoms with Crippen molar-refractivity contribution >= 4 is 22.8 Å². The lowest BCUT2D eigenvalue weighted by Crippen LogP contribution is -2.11. The molecule has 5 nitrogen and oxygen atoms in total. The lowest BCUT2D eigenvalue weighted by molar-refractivity contribution is -0.136. The Bertz CT molecular complexity index is 850. The number of aryl methyl sites for hydroxylation is 1. The van der Waals surface area contributed by atoms with Crippen LogP contribution in [0.25, 0.3) is 16.8 Å². The van der Waals surface area contributed by atoms with Crippen molar-refractivity contribution in [2.45, 2.75) is 32.6 Å². The zero-order chi connectivity index (χ0) is 15.4. The number of carboxylic acids is 1. The van der Waals surface area contributed by atoms with E-state index < -0.39 is 5.97 Å². The number of carboxylic acid groups (broad SMARTS) is 1. The van der Waals surface area contributed by atoms with E-state index in [-0.39, 0.29) is 11.8 Å². The van der Waals surface area contributed by atoms with Crippen LogP contribution in [0.15, 0.2) is 24.4 Å². The summed E-state index contributed by atoms with van der Waals surface area (Å²) in [5.74, 6) is -0.0588. The van der Waals surface area contributed by atoms with Crippen molar-refractivity contribution in [3.8, 4) is 0 Å². The molecule has 5 heteroatoms.